The van der Waals surface area contributed by atoms with Crippen LogP contribution in [0, 0.1) is 0 Å². The number of carbonyl (C=O) groups is 1. The number of nitrogens with zero attached hydrogens (tertiary/aromatic N) is 1. The summed E-state index contributed by atoms with van der Waals surface area (Å²) in [6, 6.07) is 7.49. The highest BCUT2D eigenvalue weighted by atomic mass is 79.9. The highest BCUT2D eigenvalue weighted by Crippen LogP contribution is 2.16. The minimum absolute atomic E-state index is 0.263. The number of halogens is 1. The van der Waals surface area contributed by atoms with Crippen molar-refractivity contribution in [3.05, 3.63) is 34.3 Å². The van der Waals surface area contributed by atoms with Crippen LogP contribution in [0.4, 0.5) is 4.79 Å². The summed E-state index contributed by atoms with van der Waals surface area (Å²) < 4.78 is 0.969. The summed E-state index contributed by atoms with van der Waals surface area (Å²) in [7, 11) is 0. The van der Waals surface area contributed by atoms with E-state index in [0.29, 0.717) is 6.54 Å². The Morgan fingerprint density at radius 1 is 1.36 bits per heavy atom. The number of rotatable bonds is 1. The summed E-state index contributed by atoms with van der Waals surface area (Å²) in [5, 5.41) is 6.62. The molecule has 5 heteroatoms. The lowest BCUT2D eigenvalue weighted by Gasteiger charge is -2.14. The van der Waals surface area contributed by atoms with Crippen LogP contribution in [0.5, 0.6) is 0 Å². The summed E-state index contributed by atoms with van der Waals surface area (Å²) >= 11 is 3.43. The first-order chi connectivity index (χ1) is 6.77. The molecule has 0 aliphatic carbocycles. The van der Waals surface area contributed by atoms with Crippen LogP contribution < -0.4 is 10.7 Å². The molecule has 72 valence electrons. The first-order valence-electron chi connectivity index (χ1n) is 4.12. The molecule has 1 heterocycles. The Bertz CT molecular complexity index is 403. The predicted molar refractivity (Wildman–Crippen MR) is 57.2 cm³/mol. The van der Waals surface area contributed by atoms with Crippen molar-refractivity contribution in [1.82, 2.24) is 10.7 Å². The molecule has 0 unspecified atom stereocenters. The lowest BCUT2D eigenvalue weighted by molar-refractivity contribution is 0.241. The normalized spacial score (nSPS) is 15.5. The second-order valence-corrected chi connectivity index (χ2v) is 3.69. The van der Waals surface area contributed by atoms with Crippen LogP contribution in [0.2, 0.25) is 0 Å². The molecular weight excluding hydrogens is 246 g/mol. The van der Waals surface area contributed by atoms with E-state index in [1.165, 1.54) is 0 Å². The molecule has 2 N–H and O–H groups in total. The fraction of sp³-hybridized carbons (Fsp3) is 0.111. The van der Waals surface area contributed by atoms with Gasteiger partial charge in [0, 0.05) is 10.0 Å². The summed E-state index contributed by atoms with van der Waals surface area (Å²) in [5.74, 6) is 0. The van der Waals surface area contributed by atoms with E-state index in [1.807, 2.05) is 24.3 Å². The Balaban J connectivity index is 2.32. The minimum atomic E-state index is -0.263. The van der Waals surface area contributed by atoms with Gasteiger partial charge in [0.2, 0.25) is 0 Å². The number of carbonyl (C=O) groups excluding carboxylic acids is 1. The molecular formula is C9H8BrN3O. The van der Waals surface area contributed by atoms with Gasteiger partial charge in [-0.25, -0.2) is 10.2 Å². The number of amides is 2. The van der Waals surface area contributed by atoms with Crippen molar-refractivity contribution >= 4 is 27.7 Å². The molecule has 1 aromatic carbocycles. The van der Waals surface area contributed by atoms with Crippen LogP contribution in [-0.4, -0.2) is 18.3 Å². The average molecular weight is 254 g/mol. The SMILES string of the molecule is O=C1NCC(c2ccccc2Br)=NN1. The summed E-state index contributed by atoms with van der Waals surface area (Å²) in [6.07, 6.45) is 0. The van der Waals surface area contributed by atoms with Crippen LogP contribution in [0.1, 0.15) is 5.56 Å². The molecule has 1 aliphatic heterocycles. The summed E-state index contributed by atoms with van der Waals surface area (Å²) in [5.41, 5.74) is 4.18. The Kier molecular flexibility index (Phi) is 2.49. The van der Waals surface area contributed by atoms with Crippen molar-refractivity contribution in [2.24, 2.45) is 5.10 Å². The first-order valence-corrected chi connectivity index (χ1v) is 4.92. The zero-order valence-corrected chi connectivity index (χ0v) is 8.84. The standard InChI is InChI=1S/C9H8BrN3O/c10-7-4-2-1-3-6(7)8-5-11-9(14)13-12-8/h1-4H,5H2,(H2,11,13,14). The molecule has 0 saturated heterocycles. The highest BCUT2D eigenvalue weighted by Gasteiger charge is 2.13. The number of benzene rings is 1. The second-order valence-electron chi connectivity index (χ2n) is 2.83. The molecule has 0 spiro atoms. The molecule has 0 aromatic heterocycles. The van der Waals surface area contributed by atoms with Crippen LogP contribution >= 0.6 is 15.9 Å². The highest BCUT2D eigenvalue weighted by molar-refractivity contribution is 9.10. The van der Waals surface area contributed by atoms with Gasteiger partial charge in [0.15, 0.2) is 0 Å². The Hall–Kier alpha value is -1.36. The number of hydrogen-bond donors (Lipinski definition) is 2. The van der Waals surface area contributed by atoms with Crippen LogP contribution in [0.25, 0.3) is 0 Å². The van der Waals surface area contributed by atoms with Gasteiger partial charge in [-0.1, -0.05) is 34.1 Å². The van der Waals surface area contributed by atoms with E-state index in [-0.39, 0.29) is 6.03 Å². The van der Waals surface area contributed by atoms with Gasteiger partial charge in [0.1, 0.15) is 0 Å². The number of urea groups is 1. The van der Waals surface area contributed by atoms with E-state index in [0.717, 1.165) is 15.7 Å². The predicted octanol–water partition coefficient (Wildman–Crippen LogP) is 1.47. The van der Waals surface area contributed by atoms with E-state index in [4.69, 9.17) is 0 Å². The van der Waals surface area contributed by atoms with Crippen molar-refractivity contribution in [3.8, 4) is 0 Å². The van der Waals surface area contributed by atoms with E-state index < -0.39 is 0 Å². The number of hydrazone groups is 1. The van der Waals surface area contributed by atoms with Gasteiger partial charge >= 0.3 is 6.03 Å². The minimum Gasteiger partial charge on any atom is -0.331 e. The monoisotopic (exact) mass is 253 g/mol. The van der Waals surface area contributed by atoms with Crippen LogP contribution in [0.3, 0.4) is 0 Å². The largest absolute Gasteiger partial charge is 0.335 e. The van der Waals surface area contributed by atoms with Gasteiger partial charge in [-0.3, -0.25) is 0 Å². The number of nitrogens with one attached hydrogen (secondary N) is 2. The van der Waals surface area contributed by atoms with Gasteiger partial charge < -0.3 is 5.32 Å². The molecule has 0 saturated carbocycles. The van der Waals surface area contributed by atoms with Crippen LogP contribution in [0.15, 0.2) is 33.8 Å². The third-order valence-corrected chi connectivity index (χ3v) is 2.59. The quantitative estimate of drug-likeness (QED) is 0.783. The average Bonchev–Trinajstić information content (AvgIpc) is 2.20. The van der Waals surface area contributed by atoms with Crippen molar-refractivity contribution in [2.75, 3.05) is 6.54 Å². The summed E-state index contributed by atoms with van der Waals surface area (Å²) in [4.78, 5) is 10.8. The molecule has 14 heavy (non-hydrogen) atoms. The molecule has 1 aromatic rings. The van der Waals surface area contributed by atoms with Gasteiger partial charge in [-0.15, -0.1) is 0 Å². The molecule has 0 fully saturated rings. The fourth-order valence-electron chi connectivity index (χ4n) is 1.21. The molecule has 4 nitrogen and oxygen atoms in total. The van der Waals surface area contributed by atoms with Crippen molar-refractivity contribution < 1.29 is 4.79 Å². The molecule has 0 bridgehead atoms. The van der Waals surface area contributed by atoms with E-state index in [1.54, 1.807) is 0 Å². The van der Waals surface area contributed by atoms with Gasteiger partial charge in [-0.2, -0.15) is 5.10 Å². The molecule has 0 atom stereocenters. The second kappa shape index (κ2) is 3.79. The molecule has 2 rings (SSSR count). The van der Waals surface area contributed by atoms with Gasteiger partial charge in [0.05, 0.1) is 12.3 Å². The van der Waals surface area contributed by atoms with E-state index >= 15 is 0 Å². The third-order valence-electron chi connectivity index (χ3n) is 1.89. The Morgan fingerprint density at radius 2 is 2.14 bits per heavy atom. The maximum Gasteiger partial charge on any atom is 0.335 e. The van der Waals surface area contributed by atoms with Crippen molar-refractivity contribution in [1.29, 1.82) is 0 Å². The first kappa shape index (κ1) is 9.21. The Labute approximate surface area is 89.5 Å². The topological polar surface area (TPSA) is 53.5 Å². The molecule has 0 radical (unpaired) electrons. The van der Waals surface area contributed by atoms with Crippen molar-refractivity contribution in [3.63, 3.8) is 0 Å². The summed E-state index contributed by atoms with van der Waals surface area (Å²) in [6.45, 7) is 0.453. The van der Waals surface area contributed by atoms with E-state index in [9.17, 15) is 4.79 Å². The van der Waals surface area contributed by atoms with Crippen LogP contribution in [-0.2, 0) is 0 Å². The smallest absolute Gasteiger partial charge is 0.331 e. The fourth-order valence-corrected chi connectivity index (χ4v) is 1.73. The van der Waals surface area contributed by atoms with Crippen molar-refractivity contribution in [2.45, 2.75) is 0 Å². The van der Waals surface area contributed by atoms with Gasteiger partial charge in [-0.05, 0) is 6.07 Å². The zero-order chi connectivity index (χ0) is 9.97. The lowest BCUT2D eigenvalue weighted by Crippen LogP contribution is -2.42. The van der Waals surface area contributed by atoms with E-state index in [2.05, 4.69) is 31.8 Å². The Morgan fingerprint density at radius 3 is 2.79 bits per heavy atom. The third kappa shape index (κ3) is 1.77. The zero-order valence-electron chi connectivity index (χ0n) is 7.25. The maximum absolute atomic E-state index is 10.8. The molecule has 1 aliphatic rings. The molecule has 2 amide bonds. The van der Waals surface area contributed by atoms with Gasteiger partial charge in [0.25, 0.3) is 0 Å². The maximum atomic E-state index is 10.8. The lowest BCUT2D eigenvalue weighted by atomic mass is 10.1. The number of hydrogen-bond acceptors (Lipinski definition) is 2.